The van der Waals surface area contributed by atoms with Crippen LogP contribution in [0.15, 0.2) is 203 Å². The lowest BCUT2D eigenvalue weighted by molar-refractivity contribution is 0.668. The number of furan rings is 2. The van der Waals surface area contributed by atoms with E-state index in [4.69, 9.17) is 23.8 Å². The fourth-order valence-corrected chi connectivity index (χ4v) is 7.79. The number of nitrogens with zero attached hydrogens (tertiary/aromatic N) is 4. The van der Waals surface area contributed by atoms with Gasteiger partial charge in [-0.05, 0) is 83.9 Å². The molecule has 6 nitrogen and oxygen atoms in total. The van der Waals surface area contributed by atoms with Crippen LogP contribution in [0.1, 0.15) is 0 Å². The number of fused-ring (bicyclic) bond motifs is 6. The normalized spacial score (nSPS) is 11.5. The molecule has 0 fully saturated rings. The van der Waals surface area contributed by atoms with E-state index in [1.807, 2.05) is 84.9 Å². The molecular weight excluding hydrogens is 701 g/mol. The quantitative estimate of drug-likeness (QED) is 0.162. The minimum Gasteiger partial charge on any atom is -0.456 e. The standard InChI is InChI=1S/C51H32N4O2/c1-4-13-33(14-5-1)34-23-27-39(28-24-34)55(38-17-8-3-9-18-38)43-20-12-22-46-48(43)41-29-25-37(32-47(41)57-46)51-53-49(35-15-6-2-7-16-35)52-50(54-51)36-26-30-45-42(31-36)40-19-10-11-21-44(40)56-45/h1-32H. The van der Waals surface area contributed by atoms with E-state index in [0.29, 0.717) is 17.5 Å². The minimum absolute atomic E-state index is 0.558. The molecule has 8 aromatic carbocycles. The summed E-state index contributed by atoms with van der Waals surface area (Å²) in [6.07, 6.45) is 0. The molecule has 0 saturated heterocycles. The van der Waals surface area contributed by atoms with Gasteiger partial charge in [0.1, 0.15) is 22.3 Å². The van der Waals surface area contributed by atoms with Gasteiger partial charge in [0.2, 0.25) is 0 Å². The third-order valence-electron chi connectivity index (χ3n) is 10.5. The molecule has 0 amide bonds. The predicted molar refractivity (Wildman–Crippen MR) is 231 cm³/mol. The number of hydrogen-bond acceptors (Lipinski definition) is 6. The first-order valence-electron chi connectivity index (χ1n) is 18.9. The summed E-state index contributed by atoms with van der Waals surface area (Å²) in [5, 5.41) is 4.09. The Kier molecular flexibility index (Phi) is 7.71. The van der Waals surface area contributed by atoms with E-state index in [0.717, 1.165) is 77.6 Å². The molecule has 0 N–H and O–H groups in total. The largest absolute Gasteiger partial charge is 0.456 e. The molecule has 3 heterocycles. The monoisotopic (exact) mass is 732 g/mol. The van der Waals surface area contributed by atoms with Crippen molar-refractivity contribution in [3.8, 4) is 45.3 Å². The Morgan fingerprint density at radius 1 is 0.316 bits per heavy atom. The molecule has 11 rings (SSSR count). The highest BCUT2D eigenvalue weighted by atomic mass is 16.3. The first-order valence-corrected chi connectivity index (χ1v) is 18.9. The van der Waals surface area contributed by atoms with Gasteiger partial charge in [0.05, 0.1) is 11.1 Å². The van der Waals surface area contributed by atoms with Crippen LogP contribution in [-0.2, 0) is 0 Å². The molecule has 0 aliphatic rings. The Bertz CT molecular complexity index is 3230. The van der Waals surface area contributed by atoms with Crippen LogP contribution in [0, 0.1) is 0 Å². The molecule has 11 aromatic rings. The third-order valence-corrected chi connectivity index (χ3v) is 10.5. The van der Waals surface area contributed by atoms with Gasteiger partial charge in [-0.3, -0.25) is 0 Å². The Hall–Kier alpha value is -7.83. The van der Waals surface area contributed by atoms with E-state index < -0.39 is 0 Å². The van der Waals surface area contributed by atoms with Gasteiger partial charge in [-0.25, -0.2) is 15.0 Å². The topological polar surface area (TPSA) is 68.2 Å². The fourth-order valence-electron chi connectivity index (χ4n) is 7.79. The maximum Gasteiger partial charge on any atom is 0.164 e. The van der Waals surface area contributed by atoms with Gasteiger partial charge < -0.3 is 13.7 Å². The Morgan fingerprint density at radius 2 is 0.842 bits per heavy atom. The van der Waals surface area contributed by atoms with E-state index in [-0.39, 0.29) is 0 Å². The Morgan fingerprint density at radius 3 is 1.60 bits per heavy atom. The average molecular weight is 733 g/mol. The van der Waals surface area contributed by atoms with E-state index in [9.17, 15) is 0 Å². The van der Waals surface area contributed by atoms with Crippen molar-refractivity contribution in [2.45, 2.75) is 0 Å². The van der Waals surface area contributed by atoms with Crippen molar-refractivity contribution in [1.82, 2.24) is 15.0 Å². The van der Waals surface area contributed by atoms with Gasteiger partial charge in [0, 0.05) is 44.2 Å². The van der Waals surface area contributed by atoms with Crippen LogP contribution in [0.25, 0.3) is 89.2 Å². The highest BCUT2D eigenvalue weighted by molar-refractivity contribution is 6.14. The zero-order valence-corrected chi connectivity index (χ0v) is 30.6. The SMILES string of the molecule is c1ccc(-c2ccc(N(c3ccccc3)c3cccc4oc5cc(-c6nc(-c7ccccc7)nc(-c7ccc8oc9ccccc9c8c7)n6)ccc5c34)cc2)cc1. The Labute approximate surface area is 328 Å². The molecule has 0 radical (unpaired) electrons. The molecule has 0 bridgehead atoms. The number of rotatable bonds is 7. The lowest BCUT2D eigenvalue weighted by Crippen LogP contribution is -2.10. The molecular formula is C51H32N4O2. The van der Waals surface area contributed by atoms with E-state index in [1.54, 1.807) is 0 Å². The number of aromatic nitrogens is 3. The van der Waals surface area contributed by atoms with Gasteiger partial charge >= 0.3 is 0 Å². The van der Waals surface area contributed by atoms with E-state index in [2.05, 4.69) is 114 Å². The van der Waals surface area contributed by atoms with Crippen molar-refractivity contribution in [2.75, 3.05) is 4.90 Å². The van der Waals surface area contributed by atoms with Crippen molar-refractivity contribution < 1.29 is 8.83 Å². The van der Waals surface area contributed by atoms with Crippen molar-refractivity contribution in [3.63, 3.8) is 0 Å². The predicted octanol–water partition coefficient (Wildman–Crippen LogP) is 13.8. The Balaban J connectivity index is 1.04. The molecule has 3 aromatic heterocycles. The molecule has 268 valence electrons. The van der Waals surface area contributed by atoms with Crippen molar-refractivity contribution in [1.29, 1.82) is 0 Å². The van der Waals surface area contributed by atoms with Crippen LogP contribution >= 0.6 is 0 Å². The minimum atomic E-state index is 0.558. The molecule has 0 aliphatic carbocycles. The number of anilines is 3. The highest BCUT2D eigenvalue weighted by Gasteiger charge is 2.21. The fraction of sp³-hybridized carbons (Fsp3) is 0. The second kappa shape index (κ2) is 13.5. The maximum absolute atomic E-state index is 6.66. The summed E-state index contributed by atoms with van der Waals surface area (Å²) in [4.78, 5) is 17.4. The van der Waals surface area contributed by atoms with Crippen LogP contribution in [0.4, 0.5) is 17.1 Å². The van der Waals surface area contributed by atoms with Crippen LogP contribution in [0.5, 0.6) is 0 Å². The second-order valence-corrected chi connectivity index (χ2v) is 14.0. The van der Waals surface area contributed by atoms with Crippen LogP contribution in [0.2, 0.25) is 0 Å². The first kappa shape index (κ1) is 32.6. The molecule has 0 saturated carbocycles. The maximum atomic E-state index is 6.66. The van der Waals surface area contributed by atoms with Gasteiger partial charge in [0.25, 0.3) is 0 Å². The smallest absolute Gasteiger partial charge is 0.164 e. The number of benzene rings is 8. The average Bonchev–Trinajstić information content (AvgIpc) is 3.86. The van der Waals surface area contributed by atoms with Gasteiger partial charge in [-0.2, -0.15) is 0 Å². The summed E-state index contributed by atoms with van der Waals surface area (Å²) in [7, 11) is 0. The summed E-state index contributed by atoms with van der Waals surface area (Å²) < 4.78 is 12.8. The molecule has 57 heavy (non-hydrogen) atoms. The van der Waals surface area contributed by atoms with E-state index >= 15 is 0 Å². The lowest BCUT2D eigenvalue weighted by atomic mass is 10.0. The van der Waals surface area contributed by atoms with Crippen LogP contribution in [-0.4, -0.2) is 15.0 Å². The summed E-state index contributed by atoms with van der Waals surface area (Å²) in [6, 6.07) is 66.4. The van der Waals surface area contributed by atoms with Gasteiger partial charge in [-0.1, -0.05) is 121 Å². The van der Waals surface area contributed by atoms with E-state index in [1.165, 1.54) is 11.1 Å². The summed E-state index contributed by atoms with van der Waals surface area (Å²) in [6.45, 7) is 0. The van der Waals surface area contributed by atoms with Gasteiger partial charge in [-0.15, -0.1) is 0 Å². The second-order valence-electron chi connectivity index (χ2n) is 14.0. The van der Waals surface area contributed by atoms with Crippen molar-refractivity contribution in [2.24, 2.45) is 0 Å². The molecule has 6 heteroatoms. The van der Waals surface area contributed by atoms with Crippen LogP contribution in [0.3, 0.4) is 0 Å². The highest BCUT2D eigenvalue weighted by Crippen LogP contribution is 2.44. The lowest BCUT2D eigenvalue weighted by Gasteiger charge is -2.26. The van der Waals surface area contributed by atoms with Crippen LogP contribution < -0.4 is 4.90 Å². The molecule has 0 aliphatic heterocycles. The van der Waals surface area contributed by atoms with Crippen molar-refractivity contribution >= 4 is 60.9 Å². The zero-order valence-electron chi connectivity index (χ0n) is 30.6. The van der Waals surface area contributed by atoms with Crippen molar-refractivity contribution in [3.05, 3.63) is 194 Å². The summed E-state index contributed by atoms with van der Waals surface area (Å²) in [5.41, 5.74) is 11.3. The molecule has 0 atom stereocenters. The first-order chi connectivity index (χ1) is 28.2. The number of para-hydroxylation sites is 2. The molecule has 0 spiro atoms. The summed E-state index contributed by atoms with van der Waals surface area (Å²) in [5.74, 6) is 1.73. The number of hydrogen-bond donors (Lipinski definition) is 0. The third kappa shape index (κ3) is 5.79. The molecule has 0 unspecified atom stereocenters. The zero-order chi connectivity index (χ0) is 37.7. The summed E-state index contributed by atoms with van der Waals surface area (Å²) >= 11 is 0. The van der Waals surface area contributed by atoms with Gasteiger partial charge in [0.15, 0.2) is 17.5 Å².